The van der Waals surface area contributed by atoms with Gasteiger partial charge in [-0.3, -0.25) is 4.79 Å². The number of carbonyl (C=O) groups excluding carboxylic acids is 1. The van der Waals surface area contributed by atoms with E-state index in [0.717, 1.165) is 0 Å². The summed E-state index contributed by atoms with van der Waals surface area (Å²) < 4.78 is 0. The van der Waals surface area contributed by atoms with E-state index in [1.54, 1.807) is 0 Å². The number of aliphatic hydroxyl groups is 1. The summed E-state index contributed by atoms with van der Waals surface area (Å²) in [5, 5.41) is 8.39. The lowest BCUT2D eigenvalue weighted by molar-refractivity contribution is 0.210. The van der Waals surface area contributed by atoms with Crippen molar-refractivity contribution in [1.82, 2.24) is 0 Å². The molecule has 2 unspecified atom stereocenters. The molecule has 3 nitrogen and oxygen atoms in total. The molecule has 7 heavy (non-hydrogen) atoms. The maximum Gasteiger partial charge on any atom is 0.231 e. The fraction of sp³-hybridized carbons (Fsp3) is 0.750. The molecule has 0 aromatic carbocycles. The molecule has 41 valence electrons. The number of hydrogen-bond acceptors (Lipinski definition) is 3. The summed E-state index contributed by atoms with van der Waals surface area (Å²) in [6, 6.07) is -0.502. The van der Waals surface area contributed by atoms with E-state index in [4.69, 9.17) is 10.8 Å². The van der Waals surface area contributed by atoms with Crippen molar-refractivity contribution in [1.29, 1.82) is 0 Å². The van der Waals surface area contributed by atoms with E-state index in [9.17, 15) is 4.79 Å². The Kier molecular flexibility index (Phi) is 2.55. The van der Waals surface area contributed by atoms with Gasteiger partial charge in [0, 0.05) is 6.04 Å². The van der Waals surface area contributed by atoms with E-state index < -0.39 is 12.1 Å². The average Bonchev–Trinajstić information content (AvgIpc) is 1.65. The summed E-state index contributed by atoms with van der Waals surface area (Å²) in [5.41, 5.74) is 5.03. The molecule has 0 saturated carbocycles. The summed E-state index contributed by atoms with van der Waals surface area (Å²) in [7, 11) is 0. The Balaban J connectivity index is 3.33. The maximum atomic E-state index is 9.49. The first kappa shape index (κ1) is 6.59. The van der Waals surface area contributed by atoms with Crippen LogP contribution in [0.1, 0.15) is 6.92 Å². The molecular formula is C4H8NO2. The fourth-order valence-electron chi connectivity index (χ4n) is 0.107. The van der Waals surface area contributed by atoms with E-state index in [1.807, 2.05) is 0 Å². The monoisotopic (exact) mass is 102 g/mol. The van der Waals surface area contributed by atoms with Crippen molar-refractivity contribution in [3.8, 4) is 0 Å². The molecule has 0 spiro atoms. The molecule has 0 amide bonds. The van der Waals surface area contributed by atoms with Crippen LogP contribution >= 0.6 is 0 Å². The van der Waals surface area contributed by atoms with Crippen molar-refractivity contribution in [3.63, 3.8) is 0 Å². The molecule has 0 aromatic rings. The van der Waals surface area contributed by atoms with Crippen LogP contribution in [-0.4, -0.2) is 23.5 Å². The first-order chi connectivity index (χ1) is 3.18. The first-order valence-corrected chi connectivity index (χ1v) is 2.00. The van der Waals surface area contributed by atoms with Crippen molar-refractivity contribution in [3.05, 3.63) is 0 Å². The lowest BCUT2D eigenvalue weighted by Crippen LogP contribution is -2.32. The van der Waals surface area contributed by atoms with Gasteiger partial charge in [-0.15, -0.1) is 0 Å². The molecule has 3 heteroatoms. The average molecular weight is 102 g/mol. The minimum absolute atomic E-state index is 0.502. The smallest absolute Gasteiger partial charge is 0.231 e. The summed E-state index contributed by atoms with van der Waals surface area (Å²) in [4.78, 5) is 9.49. The highest BCUT2D eigenvalue weighted by Gasteiger charge is 2.06. The minimum atomic E-state index is -1.13. The van der Waals surface area contributed by atoms with Gasteiger partial charge >= 0.3 is 0 Å². The van der Waals surface area contributed by atoms with Gasteiger partial charge in [-0.25, -0.2) is 0 Å². The number of rotatable bonds is 2. The maximum absolute atomic E-state index is 9.49. The Hall–Kier alpha value is -0.410. The predicted molar refractivity (Wildman–Crippen MR) is 25.3 cm³/mol. The Labute approximate surface area is 42.1 Å². The summed E-state index contributed by atoms with van der Waals surface area (Å²) in [6.45, 7) is 1.54. The molecule has 0 saturated heterocycles. The Morgan fingerprint density at radius 1 is 1.86 bits per heavy atom. The van der Waals surface area contributed by atoms with Crippen molar-refractivity contribution in [2.45, 2.75) is 19.1 Å². The third-order valence-electron chi connectivity index (χ3n) is 0.619. The first-order valence-electron chi connectivity index (χ1n) is 2.00. The zero-order valence-electron chi connectivity index (χ0n) is 4.09. The highest BCUT2D eigenvalue weighted by molar-refractivity contribution is 5.57. The van der Waals surface area contributed by atoms with Crippen molar-refractivity contribution in [2.24, 2.45) is 5.73 Å². The molecule has 0 rings (SSSR count). The van der Waals surface area contributed by atoms with Crippen LogP contribution in [0.3, 0.4) is 0 Å². The lowest BCUT2D eigenvalue weighted by atomic mass is 10.2. The summed E-state index contributed by atoms with van der Waals surface area (Å²) in [5.74, 6) is 0. The highest BCUT2D eigenvalue weighted by atomic mass is 16.3. The van der Waals surface area contributed by atoms with Crippen LogP contribution in [-0.2, 0) is 4.79 Å². The molecule has 0 aliphatic rings. The number of aliphatic hydroxyl groups excluding tert-OH is 1. The van der Waals surface area contributed by atoms with E-state index in [-0.39, 0.29) is 0 Å². The van der Waals surface area contributed by atoms with Gasteiger partial charge in [0.15, 0.2) is 0 Å². The lowest BCUT2D eigenvalue weighted by Gasteiger charge is -2.02. The van der Waals surface area contributed by atoms with E-state index in [0.29, 0.717) is 0 Å². The van der Waals surface area contributed by atoms with Gasteiger partial charge in [-0.1, -0.05) is 0 Å². The second-order valence-corrected chi connectivity index (χ2v) is 1.42. The molecule has 0 bridgehead atoms. The zero-order chi connectivity index (χ0) is 5.86. The predicted octanol–water partition coefficient (Wildman–Crippen LogP) is -1.20. The zero-order valence-corrected chi connectivity index (χ0v) is 4.09. The van der Waals surface area contributed by atoms with Crippen LogP contribution in [0.4, 0.5) is 0 Å². The molecule has 3 N–H and O–H groups in total. The summed E-state index contributed by atoms with van der Waals surface area (Å²) >= 11 is 0. The topological polar surface area (TPSA) is 63.3 Å². The molecular weight excluding hydrogens is 94.0 g/mol. The standard InChI is InChI=1S/C4H8NO2/c1-3(5)4(7)2-6/h3-4,7H,5H2,1H3. The van der Waals surface area contributed by atoms with Gasteiger partial charge in [-0.2, -0.15) is 0 Å². The van der Waals surface area contributed by atoms with Gasteiger partial charge in [0.05, 0.1) is 0 Å². The van der Waals surface area contributed by atoms with Crippen LogP contribution in [0.15, 0.2) is 0 Å². The third kappa shape index (κ3) is 2.31. The van der Waals surface area contributed by atoms with Gasteiger partial charge in [0.2, 0.25) is 6.29 Å². The van der Waals surface area contributed by atoms with Crippen LogP contribution in [0.25, 0.3) is 0 Å². The van der Waals surface area contributed by atoms with Gasteiger partial charge in [0.1, 0.15) is 6.10 Å². The molecule has 0 aliphatic carbocycles. The number of nitrogens with two attached hydrogens (primary N) is 1. The van der Waals surface area contributed by atoms with Crippen LogP contribution in [0.5, 0.6) is 0 Å². The Morgan fingerprint density at radius 2 is 2.29 bits per heavy atom. The van der Waals surface area contributed by atoms with Crippen LogP contribution in [0.2, 0.25) is 0 Å². The SMILES string of the molecule is CC(N)C(O)[C]=O. The molecule has 0 aromatic heterocycles. The molecule has 0 fully saturated rings. The van der Waals surface area contributed by atoms with Crippen molar-refractivity contribution >= 4 is 6.29 Å². The minimum Gasteiger partial charge on any atom is -0.383 e. The molecule has 1 radical (unpaired) electrons. The van der Waals surface area contributed by atoms with Crippen LogP contribution < -0.4 is 5.73 Å². The van der Waals surface area contributed by atoms with Gasteiger partial charge < -0.3 is 10.8 Å². The molecule has 2 atom stereocenters. The Morgan fingerprint density at radius 3 is 2.29 bits per heavy atom. The molecule has 0 aliphatic heterocycles. The second kappa shape index (κ2) is 2.71. The van der Waals surface area contributed by atoms with E-state index in [2.05, 4.69) is 0 Å². The van der Waals surface area contributed by atoms with E-state index in [1.165, 1.54) is 13.2 Å². The fourth-order valence-corrected chi connectivity index (χ4v) is 0.107. The van der Waals surface area contributed by atoms with Crippen molar-refractivity contribution < 1.29 is 9.90 Å². The van der Waals surface area contributed by atoms with Gasteiger partial charge in [0.25, 0.3) is 0 Å². The van der Waals surface area contributed by atoms with Crippen molar-refractivity contribution in [2.75, 3.05) is 0 Å². The quantitative estimate of drug-likeness (QED) is 0.460. The molecule has 0 heterocycles. The Bertz CT molecular complexity index is 62.7. The number of hydrogen-bond donors (Lipinski definition) is 2. The highest BCUT2D eigenvalue weighted by Crippen LogP contribution is 1.80. The summed E-state index contributed by atoms with van der Waals surface area (Å²) in [6.07, 6.45) is 0.220. The largest absolute Gasteiger partial charge is 0.383 e. The van der Waals surface area contributed by atoms with E-state index >= 15 is 0 Å². The second-order valence-electron chi connectivity index (χ2n) is 1.42. The third-order valence-corrected chi connectivity index (χ3v) is 0.619. The van der Waals surface area contributed by atoms with Crippen LogP contribution in [0, 0.1) is 0 Å². The normalized spacial score (nSPS) is 18.1. The van der Waals surface area contributed by atoms with Gasteiger partial charge in [-0.05, 0) is 6.92 Å².